The van der Waals surface area contributed by atoms with Crippen LogP contribution >= 0.6 is 0 Å². The van der Waals surface area contributed by atoms with Crippen molar-refractivity contribution in [2.45, 2.75) is 18.9 Å². The quantitative estimate of drug-likeness (QED) is 0.452. The standard InChI is InChI=1S/C23H23N5O/c29-20-4-2-18(3-5-20)27-22-9-12-25-23-13-16(1-6-21(22)23)17-14-26-28(15-17)19-7-10-24-11-8-19/h1-6,9,12-15,19,24,29H,7-8,10-11H2,(H,25,27). The lowest BCUT2D eigenvalue weighted by atomic mass is 10.1. The number of phenols is 1. The summed E-state index contributed by atoms with van der Waals surface area (Å²) in [7, 11) is 0. The first-order valence-corrected chi connectivity index (χ1v) is 9.96. The van der Waals surface area contributed by atoms with Gasteiger partial charge in [0.05, 0.1) is 17.8 Å². The molecule has 0 atom stereocenters. The Hall–Kier alpha value is -3.38. The highest BCUT2D eigenvalue weighted by atomic mass is 16.3. The van der Waals surface area contributed by atoms with Gasteiger partial charge < -0.3 is 15.7 Å². The van der Waals surface area contributed by atoms with Gasteiger partial charge in [0.2, 0.25) is 0 Å². The average molecular weight is 385 g/mol. The van der Waals surface area contributed by atoms with Gasteiger partial charge in [0.15, 0.2) is 0 Å². The number of pyridine rings is 1. The minimum Gasteiger partial charge on any atom is -0.508 e. The van der Waals surface area contributed by atoms with Gasteiger partial charge in [0.25, 0.3) is 0 Å². The van der Waals surface area contributed by atoms with Gasteiger partial charge in [-0.15, -0.1) is 0 Å². The zero-order chi connectivity index (χ0) is 19.6. The zero-order valence-electron chi connectivity index (χ0n) is 16.0. The molecule has 2 aromatic carbocycles. The number of nitrogens with zero attached hydrogens (tertiary/aromatic N) is 3. The zero-order valence-corrected chi connectivity index (χ0v) is 16.0. The summed E-state index contributed by atoms with van der Waals surface area (Å²) in [6.45, 7) is 2.10. The van der Waals surface area contributed by atoms with E-state index in [-0.39, 0.29) is 5.75 Å². The van der Waals surface area contributed by atoms with E-state index < -0.39 is 0 Å². The van der Waals surface area contributed by atoms with Crippen LogP contribution in [0.3, 0.4) is 0 Å². The Bertz CT molecular complexity index is 1130. The fourth-order valence-electron chi connectivity index (χ4n) is 3.89. The normalized spacial score (nSPS) is 14.9. The number of benzene rings is 2. The van der Waals surface area contributed by atoms with Crippen LogP contribution in [0.25, 0.3) is 22.0 Å². The summed E-state index contributed by atoms with van der Waals surface area (Å²) in [5, 5.41) is 21.9. The molecule has 4 aromatic rings. The van der Waals surface area contributed by atoms with Crippen LogP contribution in [0, 0.1) is 0 Å². The molecule has 0 spiro atoms. The van der Waals surface area contributed by atoms with Gasteiger partial charge in [-0.25, -0.2) is 0 Å². The summed E-state index contributed by atoms with van der Waals surface area (Å²) in [6.07, 6.45) is 8.14. The third kappa shape index (κ3) is 3.67. The highest BCUT2D eigenvalue weighted by molar-refractivity contribution is 5.95. The van der Waals surface area contributed by atoms with Crippen LogP contribution in [0.2, 0.25) is 0 Å². The Balaban J connectivity index is 1.43. The van der Waals surface area contributed by atoms with Crippen molar-refractivity contribution in [3.05, 3.63) is 67.1 Å². The average Bonchev–Trinajstić information content (AvgIpc) is 3.26. The number of anilines is 2. The summed E-state index contributed by atoms with van der Waals surface area (Å²) < 4.78 is 2.11. The molecule has 5 rings (SSSR count). The van der Waals surface area contributed by atoms with Crippen molar-refractivity contribution in [1.29, 1.82) is 0 Å². The second-order valence-electron chi connectivity index (χ2n) is 7.45. The highest BCUT2D eigenvalue weighted by Gasteiger charge is 2.16. The lowest BCUT2D eigenvalue weighted by Gasteiger charge is -2.22. The van der Waals surface area contributed by atoms with Crippen molar-refractivity contribution in [1.82, 2.24) is 20.1 Å². The molecule has 6 heteroatoms. The molecule has 0 bridgehead atoms. The molecular formula is C23H23N5O. The van der Waals surface area contributed by atoms with Gasteiger partial charge >= 0.3 is 0 Å². The minimum atomic E-state index is 0.254. The topological polar surface area (TPSA) is 75.0 Å². The van der Waals surface area contributed by atoms with E-state index in [1.54, 1.807) is 12.1 Å². The Morgan fingerprint density at radius 1 is 1.00 bits per heavy atom. The first-order valence-electron chi connectivity index (χ1n) is 9.96. The number of aromatic nitrogens is 3. The molecule has 0 amide bonds. The number of hydrogen-bond acceptors (Lipinski definition) is 5. The molecular weight excluding hydrogens is 362 g/mol. The third-order valence-electron chi connectivity index (χ3n) is 5.51. The number of rotatable bonds is 4. The van der Waals surface area contributed by atoms with E-state index in [1.165, 1.54) is 0 Å². The molecule has 0 unspecified atom stereocenters. The second kappa shape index (κ2) is 7.56. The summed E-state index contributed by atoms with van der Waals surface area (Å²) in [6, 6.07) is 15.8. The van der Waals surface area contributed by atoms with Gasteiger partial charge in [-0.1, -0.05) is 12.1 Å². The Morgan fingerprint density at radius 3 is 2.66 bits per heavy atom. The molecule has 3 heterocycles. The Morgan fingerprint density at radius 2 is 1.83 bits per heavy atom. The first-order chi connectivity index (χ1) is 14.3. The van der Waals surface area contributed by atoms with Gasteiger partial charge in [-0.05, 0) is 67.9 Å². The van der Waals surface area contributed by atoms with E-state index in [2.05, 4.69) is 49.8 Å². The highest BCUT2D eigenvalue weighted by Crippen LogP contribution is 2.30. The summed E-state index contributed by atoms with van der Waals surface area (Å²) in [5.41, 5.74) is 5.07. The second-order valence-corrected chi connectivity index (χ2v) is 7.45. The maximum Gasteiger partial charge on any atom is 0.115 e. The molecule has 2 aromatic heterocycles. The summed E-state index contributed by atoms with van der Waals surface area (Å²) in [5.74, 6) is 0.254. The molecule has 0 radical (unpaired) electrons. The molecule has 1 aliphatic heterocycles. The largest absolute Gasteiger partial charge is 0.508 e. The van der Waals surface area contributed by atoms with Crippen LogP contribution in [-0.2, 0) is 0 Å². The molecule has 1 fully saturated rings. The monoisotopic (exact) mass is 385 g/mol. The van der Waals surface area contributed by atoms with Crippen molar-refractivity contribution in [2.75, 3.05) is 18.4 Å². The van der Waals surface area contributed by atoms with Crippen LogP contribution in [-0.4, -0.2) is 33.0 Å². The maximum atomic E-state index is 9.47. The molecule has 146 valence electrons. The van der Waals surface area contributed by atoms with Crippen molar-refractivity contribution < 1.29 is 5.11 Å². The molecule has 0 aliphatic carbocycles. The molecule has 6 nitrogen and oxygen atoms in total. The van der Waals surface area contributed by atoms with Gasteiger partial charge in [-0.3, -0.25) is 9.67 Å². The van der Waals surface area contributed by atoms with Crippen LogP contribution in [0.1, 0.15) is 18.9 Å². The number of phenolic OH excluding ortho intramolecular Hbond substituents is 1. The Labute approximate surface area is 169 Å². The van der Waals surface area contributed by atoms with Crippen LogP contribution in [0.15, 0.2) is 67.1 Å². The van der Waals surface area contributed by atoms with E-state index in [0.29, 0.717) is 6.04 Å². The smallest absolute Gasteiger partial charge is 0.115 e. The lowest BCUT2D eigenvalue weighted by molar-refractivity contribution is 0.343. The molecule has 1 saturated heterocycles. The van der Waals surface area contributed by atoms with Crippen LogP contribution in [0.4, 0.5) is 11.4 Å². The van der Waals surface area contributed by atoms with Crippen molar-refractivity contribution in [3.8, 4) is 16.9 Å². The van der Waals surface area contributed by atoms with Crippen molar-refractivity contribution in [3.63, 3.8) is 0 Å². The lowest BCUT2D eigenvalue weighted by Crippen LogP contribution is -2.29. The maximum absolute atomic E-state index is 9.47. The van der Waals surface area contributed by atoms with E-state index in [4.69, 9.17) is 0 Å². The van der Waals surface area contributed by atoms with Gasteiger partial charge in [0, 0.05) is 34.7 Å². The fraction of sp³-hybridized carbons (Fsp3) is 0.217. The van der Waals surface area contributed by atoms with Gasteiger partial charge in [-0.2, -0.15) is 5.10 Å². The third-order valence-corrected chi connectivity index (χ3v) is 5.51. The predicted molar refractivity (Wildman–Crippen MR) is 115 cm³/mol. The summed E-state index contributed by atoms with van der Waals surface area (Å²) >= 11 is 0. The molecule has 0 saturated carbocycles. The number of aromatic hydroxyl groups is 1. The first kappa shape index (κ1) is 17.7. The van der Waals surface area contributed by atoms with E-state index >= 15 is 0 Å². The van der Waals surface area contributed by atoms with Crippen LogP contribution < -0.4 is 10.6 Å². The van der Waals surface area contributed by atoms with E-state index in [1.807, 2.05) is 30.6 Å². The van der Waals surface area contributed by atoms with Crippen LogP contribution in [0.5, 0.6) is 5.75 Å². The number of fused-ring (bicyclic) bond motifs is 1. The predicted octanol–water partition coefficient (Wildman–Crippen LogP) is 4.47. The molecule has 3 N–H and O–H groups in total. The fourth-order valence-corrected chi connectivity index (χ4v) is 3.89. The van der Waals surface area contributed by atoms with Crippen molar-refractivity contribution >= 4 is 22.3 Å². The SMILES string of the molecule is Oc1ccc(Nc2ccnc3cc(-c4cnn(C5CCNCC5)c4)ccc23)cc1. The van der Waals surface area contributed by atoms with E-state index in [0.717, 1.165) is 59.3 Å². The molecule has 1 aliphatic rings. The number of nitrogens with one attached hydrogen (secondary N) is 2. The Kier molecular flexibility index (Phi) is 4.62. The van der Waals surface area contributed by atoms with Crippen molar-refractivity contribution in [2.24, 2.45) is 0 Å². The van der Waals surface area contributed by atoms with E-state index in [9.17, 15) is 5.11 Å². The molecule has 29 heavy (non-hydrogen) atoms. The minimum absolute atomic E-state index is 0.254. The summed E-state index contributed by atoms with van der Waals surface area (Å²) in [4.78, 5) is 4.56. The number of piperidine rings is 1. The van der Waals surface area contributed by atoms with Gasteiger partial charge in [0.1, 0.15) is 5.75 Å². The number of hydrogen-bond donors (Lipinski definition) is 3.